The van der Waals surface area contributed by atoms with Crippen LogP contribution in [0.1, 0.15) is 25.8 Å². The molecule has 1 N–H and O–H groups in total. The van der Waals surface area contributed by atoms with E-state index in [1.165, 1.54) is 0 Å². The molecule has 0 radical (unpaired) electrons. The van der Waals surface area contributed by atoms with Gasteiger partial charge in [0, 0.05) is 11.6 Å². The first-order valence-corrected chi connectivity index (χ1v) is 6.75. The summed E-state index contributed by atoms with van der Waals surface area (Å²) < 4.78 is 0. The fourth-order valence-corrected chi connectivity index (χ4v) is 2.00. The van der Waals surface area contributed by atoms with E-state index in [9.17, 15) is 0 Å². The van der Waals surface area contributed by atoms with Crippen LogP contribution in [0.3, 0.4) is 0 Å². The number of hydrogen-bond acceptors (Lipinski definition) is 3. The molecular weight excluding hydrogens is 246 g/mol. The summed E-state index contributed by atoms with van der Waals surface area (Å²) in [5.41, 5.74) is 1.46. The number of rotatable bonds is 7. The van der Waals surface area contributed by atoms with E-state index in [1.807, 2.05) is 6.07 Å². The average Bonchev–Trinajstić information content (AvgIpc) is 2.40. The maximum absolute atomic E-state index is 9.01. The highest BCUT2D eigenvalue weighted by atomic mass is 35.5. The normalized spacial score (nSPS) is 10.4. The van der Waals surface area contributed by atoms with Gasteiger partial charge in [0.05, 0.1) is 11.3 Å². The molecule has 0 atom stereocenters. The fourth-order valence-electron chi connectivity index (χ4n) is 1.83. The molecule has 0 fully saturated rings. The van der Waals surface area contributed by atoms with Crippen molar-refractivity contribution in [1.82, 2.24) is 4.90 Å². The number of benzene rings is 1. The molecule has 0 saturated heterocycles. The molecule has 0 aliphatic carbocycles. The van der Waals surface area contributed by atoms with Crippen molar-refractivity contribution in [2.75, 3.05) is 31.5 Å². The van der Waals surface area contributed by atoms with Crippen molar-refractivity contribution in [3.8, 4) is 6.07 Å². The van der Waals surface area contributed by atoms with Gasteiger partial charge in [-0.3, -0.25) is 0 Å². The number of halogens is 1. The third-order valence-electron chi connectivity index (χ3n) is 2.96. The quantitative estimate of drug-likeness (QED) is 0.769. The average molecular weight is 266 g/mol. The van der Waals surface area contributed by atoms with Gasteiger partial charge in [0.1, 0.15) is 6.07 Å². The summed E-state index contributed by atoms with van der Waals surface area (Å²) in [5.74, 6) is 0. The monoisotopic (exact) mass is 265 g/mol. The Morgan fingerprint density at radius 3 is 2.67 bits per heavy atom. The van der Waals surface area contributed by atoms with E-state index in [0.29, 0.717) is 10.6 Å². The predicted octanol–water partition coefficient (Wildman–Crippen LogP) is 3.36. The molecule has 1 aromatic rings. The Balaban J connectivity index is 2.42. The molecule has 98 valence electrons. The molecule has 1 aromatic carbocycles. The number of hydrogen-bond donors (Lipinski definition) is 1. The lowest BCUT2D eigenvalue weighted by Gasteiger charge is -2.18. The number of nitrogens with zero attached hydrogens (tertiary/aromatic N) is 2. The molecule has 18 heavy (non-hydrogen) atoms. The van der Waals surface area contributed by atoms with Crippen molar-refractivity contribution in [1.29, 1.82) is 5.26 Å². The summed E-state index contributed by atoms with van der Waals surface area (Å²) >= 11 is 5.85. The summed E-state index contributed by atoms with van der Waals surface area (Å²) in [6.07, 6.45) is 1.06. The zero-order valence-corrected chi connectivity index (χ0v) is 11.8. The van der Waals surface area contributed by atoms with Crippen LogP contribution < -0.4 is 5.32 Å². The Hall–Kier alpha value is -1.24. The lowest BCUT2D eigenvalue weighted by molar-refractivity contribution is 0.303. The van der Waals surface area contributed by atoms with Crippen molar-refractivity contribution in [3.05, 3.63) is 28.8 Å². The van der Waals surface area contributed by atoms with Gasteiger partial charge in [-0.25, -0.2) is 0 Å². The second-order valence-corrected chi connectivity index (χ2v) is 4.55. The highest BCUT2D eigenvalue weighted by Crippen LogP contribution is 2.19. The Morgan fingerprint density at radius 1 is 1.33 bits per heavy atom. The molecule has 3 nitrogen and oxygen atoms in total. The van der Waals surface area contributed by atoms with Gasteiger partial charge in [-0.05, 0) is 44.3 Å². The number of anilines is 1. The van der Waals surface area contributed by atoms with Crippen LogP contribution in [0.2, 0.25) is 5.02 Å². The highest BCUT2D eigenvalue weighted by molar-refractivity contribution is 6.30. The second kappa shape index (κ2) is 7.97. The molecule has 0 aliphatic rings. The first kappa shape index (κ1) is 14.8. The molecule has 0 saturated carbocycles. The van der Waals surface area contributed by atoms with Crippen molar-refractivity contribution < 1.29 is 0 Å². The predicted molar refractivity (Wildman–Crippen MR) is 77.1 cm³/mol. The van der Waals surface area contributed by atoms with Gasteiger partial charge in [-0.1, -0.05) is 25.4 Å². The Kier molecular flexibility index (Phi) is 6.56. The van der Waals surface area contributed by atoms with Crippen LogP contribution in [0.5, 0.6) is 0 Å². The zero-order chi connectivity index (χ0) is 13.4. The van der Waals surface area contributed by atoms with Gasteiger partial charge in [0.15, 0.2) is 0 Å². The van der Waals surface area contributed by atoms with E-state index >= 15 is 0 Å². The van der Waals surface area contributed by atoms with Crippen molar-refractivity contribution >= 4 is 17.3 Å². The van der Waals surface area contributed by atoms with Crippen LogP contribution in [0.4, 0.5) is 5.69 Å². The van der Waals surface area contributed by atoms with Crippen molar-refractivity contribution in [3.63, 3.8) is 0 Å². The minimum Gasteiger partial charge on any atom is -0.384 e. The lowest BCUT2D eigenvalue weighted by atomic mass is 10.2. The molecule has 4 heteroatoms. The summed E-state index contributed by atoms with van der Waals surface area (Å²) in [7, 11) is 0. The first-order valence-electron chi connectivity index (χ1n) is 6.37. The van der Waals surface area contributed by atoms with Gasteiger partial charge in [0.25, 0.3) is 0 Å². The first-order chi connectivity index (χ1) is 8.71. The van der Waals surface area contributed by atoms with Gasteiger partial charge in [0.2, 0.25) is 0 Å². The van der Waals surface area contributed by atoms with Gasteiger partial charge in [-0.15, -0.1) is 0 Å². The van der Waals surface area contributed by atoms with E-state index in [4.69, 9.17) is 16.9 Å². The summed E-state index contributed by atoms with van der Waals surface area (Å²) in [6.45, 7) is 8.46. The topological polar surface area (TPSA) is 39.1 Å². The van der Waals surface area contributed by atoms with Crippen LogP contribution in [0.25, 0.3) is 0 Å². The Labute approximate surface area is 114 Å². The highest BCUT2D eigenvalue weighted by Gasteiger charge is 2.03. The van der Waals surface area contributed by atoms with Crippen LogP contribution in [0, 0.1) is 11.3 Å². The molecule has 0 bridgehead atoms. The van der Waals surface area contributed by atoms with Crippen molar-refractivity contribution in [2.45, 2.75) is 20.3 Å². The smallest absolute Gasteiger partial charge is 0.101 e. The maximum Gasteiger partial charge on any atom is 0.101 e. The molecule has 1 rings (SSSR count). The molecule has 0 amide bonds. The van der Waals surface area contributed by atoms with Crippen LogP contribution in [-0.2, 0) is 0 Å². The number of nitrogens with one attached hydrogen (secondary N) is 1. The summed E-state index contributed by atoms with van der Waals surface area (Å²) in [4.78, 5) is 2.38. The van der Waals surface area contributed by atoms with Crippen LogP contribution in [-0.4, -0.2) is 31.1 Å². The molecule has 0 heterocycles. The van der Waals surface area contributed by atoms with E-state index in [0.717, 1.165) is 38.3 Å². The third-order valence-corrected chi connectivity index (χ3v) is 3.20. The van der Waals surface area contributed by atoms with Gasteiger partial charge >= 0.3 is 0 Å². The molecule has 0 unspecified atom stereocenters. The Morgan fingerprint density at radius 2 is 2.06 bits per heavy atom. The van der Waals surface area contributed by atoms with Gasteiger partial charge < -0.3 is 10.2 Å². The third kappa shape index (κ3) is 4.56. The summed E-state index contributed by atoms with van der Waals surface area (Å²) in [6, 6.07) is 7.50. The standard InChI is InChI=1S/C14H20ClN3/c1-3-18(4-2)9-5-8-17-14-7-6-13(15)10-12(14)11-16/h6-7,10,17H,3-5,8-9H2,1-2H3. The number of nitriles is 1. The van der Waals surface area contributed by atoms with E-state index in [2.05, 4.69) is 30.1 Å². The van der Waals surface area contributed by atoms with Crippen LogP contribution in [0.15, 0.2) is 18.2 Å². The maximum atomic E-state index is 9.01. The van der Waals surface area contributed by atoms with Gasteiger partial charge in [-0.2, -0.15) is 5.26 Å². The Bertz CT molecular complexity index is 408. The van der Waals surface area contributed by atoms with E-state index in [1.54, 1.807) is 12.1 Å². The van der Waals surface area contributed by atoms with Crippen molar-refractivity contribution in [2.24, 2.45) is 0 Å². The lowest BCUT2D eigenvalue weighted by Crippen LogP contribution is -2.25. The molecule has 0 aromatic heterocycles. The molecular formula is C14H20ClN3. The van der Waals surface area contributed by atoms with E-state index in [-0.39, 0.29) is 0 Å². The minimum absolute atomic E-state index is 0.597. The largest absolute Gasteiger partial charge is 0.384 e. The summed E-state index contributed by atoms with van der Waals surface area (Å²) in [5, 5.41) is 12.9. The molecule has 0 aliphatic heterocycles. The minimum atomic E-state index is 0.597. The second-order valence-electron chi connectivity index (χ2n) is 4.11. The van der Waals surface area contributed by atoms with E-state index < -0.39 is 0 Å². The molecule has 0 spiro atoms. The SMILES string of the molecule is CCN(CC)CCCNc1ccc(Cl)cc1C#N. The van der Waals surface area contributed by atoms with Crippen LogP contribution >= 0.6 is 11.6 Å². The fraction of sp³-hybridized carbons (Fsp3) is 0.500. The zero-order valence-electron chi connectivity index (χ0n) is 11.0.